The Balaban J connectivity index is 1.56. The summed E-state index contributed by atoms with van der Waals surface area (Å²) in [7, 11) is 2.12. The SMILES string of the molecule is CN(Cc1ccc(N2CCCCC2)cc1)Cn1cc(Br)cn1. The number of aromatic nitrogens is 2. The Morgan fingerprint density at radius 2 is 1.86 bits per heavy atom. The van der Waals surface area contributed by atoms with E-state index in [1.807, 2.05) is 17.1 Å². The summed E-state index contributed by atoms with van der Waals surface area (Å²) < 4.78 is 2.96. The highest BCUT2D eigenvalue weighted by molar-refractivity contribution is 9.10. The van der Waals surface area contributed by atoms with Crippen LogP contribution < -0.4 is 4.90 Å². The Labute approximate surface area is 140 Å². The smallest absolute Gasteiger partial charge is 0.0929 e. The zero-order chi connectivity index (χ0) is 15.4. The summed E-state index contributed by atoms with van der Waals surface area (Å²) in [6.45, 7) is 4.12. The van der Waals surface area contributed by atoms with Gasteiger partial charge in [0.2, 0.25) is 0 Å². The van der Waals surface area contributed by atoms with Crippen LogP contribution in [0.1, 0.15) is 24.8 Å². The molecule has 2 heterocycles. The molecule has 1 aromatic carbocycles. The van der Waals surface area contributed by atoms with Crippen molar-refractivity contribution in [3.8, 4) is 0 Å². The molecule has 0 radical (unpaired) electrons. The van der Waals surface area contributed by atoms with Crippen LogP contribution in [0.4, 0.5) is 5.69 Å². The maximum Gasteiger partial charge on any atom is 0.0929 e. The van der Waals surface area contributed by atoms with E-state index in [-0.39, 0.29) is 0 Å². The van der Waals surface area contributed by atoms with E-state index in [1.54, 1.807) is 0 Å². The molecular weight excluding hydrogens is 340 g/mol. The number of benzene rings is 1. The van der Waals surface area contributed by atoms with Gasteiger partial charge in [-0.2, -0.15) is 5.10 Å². The van der Waals surface area contributed by atoms with Gasteiger partial charge in [-0.15, -0.1) is 0 Å². The van der Waals surface area contributed by atoms with E-state index in [4.69, 9.17) is 0 Å². The molecule has 1 aromatic heterocycles. The van der Waals surface area contributed by atoms with Crippen LogP contribution in [0, 0.1) is 0 Å². The minimum atomic E-state index is 0.791. The van der Waals surface area contributed by atoms with Crippen molar-refractivity contribution >= 4 is 21.6 Å². The number of halogens is 1. The first-order valence-corrected chi connectivity index (χ1v) is 8.70. The second-order valence-corrected chi connectivity index (χ2v) is 6.98. The third-order valence-electron chi connectivity index (χ3n) is 4.10. The van der Waals surface area contributed by atoms with Crippen molar-refractivity contribution < 1.29 is 0 Å². The molecule has 0 saturated carbocycles. The van der Waals surface area contributed by atoms with E-state index in [0.717, 1.165) is 17.7 Å². The maximum atomic E-state index is 4.29. The number of piperidine rings is 1. The van der Waals surface area contributed by atoms with Crippen molar-refractivity contribution in [3.63, 3.8) is 0 Å². The molecule has 0 unspecified atom stereocenters. The van der Waals surface area contributed by atoms with Crippen LogP contribution in [-0.4, -0.2) is 34.8 Å². The average molecular weight is 363 g/mol. The highest BCUT2D eigenvalue weighted by Gasteiger charge is 2.10. The predicted octanol–water partition coefficient (Wildman–Crippen LogP) is 3.73. The quantitative estimate of drug-likeness (QED) is 0.809. The second kappa shape index (κ2) is 7.29. The molecule has 1 fully saturated rings. The monoisotopic (exact) mass is 362 g/mol. The average Bonchev–Trinajstić information content (AvgIpc) is 2.94. The summed E-state index contributed by atoms with van der Waals surface area (Å²) in [6, 6.07) is 9.02. The van der Waals surface area contributed by atoms with Crippen LogP contribution in [-0.2, 0) is 13.2 Å². The number of hydrogen-bond acceptors (Lipinski definition) is 3. The van der Waals surface area contributed by atoms with Gasteiger partial charge in [-0.05, 0) is 59.9 Å². The number of rotatable bonds is 5. The first kappa shape index (κ1) is 15.6. The van der Waals surface area contributed by atoms with Crippen molar-refractivity contribution in [2.75, 3.05) is 25.0 Å². The third-order valence-corrected chi connectivity index (χ3v) is 4.51. The summed E-state index contributed by atoms with van der Waals surface area (Å²) in [5.74, 6) is 0. The zero-order valence-corrected chi connectivity index (χ0v) is 14.7. The largest absolute Gasteiger partial charge is 0.372 e. The second-order valence-electron chi connectivity index (χ2n) is 6.07. The minimum absolute atomic E-state index is 0.791. The molecule has 22 heavy (non-hydrogen) atoms. The molecular formula is C17H23BrN4. The summed E-state index contributed by atoms with van der Waals surface area (Å²) in [4.78, 5) is 4.76. The minimum Gasteiger partial charge on any atom is -0.372 e. The van der Waals surface area contributed by atoms with Crippen molar-refractivity contribution in [3.05, 3.63) is 46.7 Å². The number of nitrogens with zero attached hydrogens (tertiary/aromatic N) is 4. The van der Waals surface area contributed by atoms with E-state index in [2.05, 4.69) is 62.1 Å². The topological polar surface area (TPSA) is 24.3 Å². The van der Waals surface area contributed by atoms with E-state index < -0.39 is 0 Å². The fourth-order valence-corrected chi connectivity index (χ4v) is 3.32. The Morgan fingerprint density at radius 1 is 1.14 bits per heavy atom. The summed E-state index contributed by atoms with van der Waals surface area (Å²) in [5.41, 5.74) is 2.71. The van der Waals surface area contributed by atoms with Gasteiger partial charge in [0.15, 0.2) is 0 Å². The summed E-state index contributed by atoms with van der Waals surface area (Å²) in [5, 5.41) is 4.29. The molecule has 1 aliphatic heterocycles. The lowest BCUT2D eigenvalue weighted by molar-refractivity contribution is 0.246. The normalized spacial score (nSPS) is 15.5. The van der Waals surface area contributed by atoms with Crippen LogP contribution in [0.2, 0.25) is 0 Å². The lowest BCUT2D eigenvalue weighted by Crippen LogP contribution is -2.29. The first-order valence-electron chi connectivity index (χ1n) is 7.91. The molecule has 2 aromatic rings. The van der Waals surface area contributed by atoms with Gasteiger partial charge < -0.3 is 4.90 Å². The van der Waals surface area contributed by atoms with Crippen molar-refractivity contribution in [2.24, 2.45) is 0 Å². The lowest BCUT2D eigenvalue weighted by atomic mass is 10.1. The maximum absolute atomic E-state index is 4.29. The fourth-order valence-electron chi connectivity index (χ4n) is 2.99. The predicted molar refractivity (Wildman–Crippen MR) is 93.9 cm³/mol. The van der Waals surface area contributed by atoms with Gasteiger partial charge in [0.25, 0.3) is 0 Å². The molecule has 0 amide bonds. The number of anilines is 1. The molecule has 1 saturated heterocycles. The Bertz CT molecular complexity index is 587. The van der Waals surface area contributed by atoms with Gasteiger partial charge in [-0.1, -0.05) is 12.1 Å². The Kier molecular flexibility index (Phi) is 5.16. The van der Waals surface area contributed by atoms with Crippen LogP contribution in [0.3, 0.4) is 0 Å². The van der Waals surface area contributed by atoms with Gasteiger partial charge >= 0.3 is 0 Å². The highest BCUT2D eigenvalue weighted by atomic mass is 79.9. The van der Waals surface area contributed by atoms with E-state index in [1.165, 1.54) is 43.6 Å². The fraction of sp³-hybridized carbons (Fsp3) is 0.471. The van der Waals surface area contributed by atoms with Gasteiger partial charge in [0, 0.05) is 31.5 Å². The molecule has 4 nitrogen and oxygen atoms in total. The molecule has 1 aliphatic rings. The summed E-state index contributed by atoms with van der Waals surface area (Å²) >= 11 is 3.43. The van der Waals surface area contributed by atoms with Crippen LogP contribution in [0.25, 0.3) is 0 Å². The highest BCUT2D eigenvalue weighted by Crippen LogP contribution is 2.20. The summed E-state index contributed by atoms with van der Waals surface area (Å²) in [6.07, 6.45) is 7.84. The molecule has 118 valence electrons. The Morgan fingerprint density at radius 3 is 2.50 bits per heavy atom. The lowest BCUT2D eigenvalue weighted by Gasteiger charge is -2.29. The third kappa shape index (κ3) is 4.11. The molecule has 0 bridgehead atoms. The first-order chi connectivity index (χ1) is 10.7. The van der Waals surface area contributed by atoms with E-state index >= 15 is 0 Å². The van der Waals surface area contributed by atoms with Crippen LogP contribution in [0.15, 0.2) is 41.1 Å². The molecule has 0 atom stereocenters. The van der Waals surface area contributed by atoms with Gasteiger partial charge in [-0.25, -0.2) is 0 Å². The van der Waals surface area contributed by atoms with Crippen LogP contribution >= 0.6 is 15.9 Å². The molecule has 0 aliphatic carbocycles. The molecule has 0 N–H and O–H groups in total. The van der Waals surface area contributed by atoms with Gasteiger partial charge in [-0.3, -0.25) is 9.58 Å². The van der Waals surface area contributed by atoms with E-state index in [9.17, 15) is 0 Å². The van der Waals surface area contributed by atoms with E-state index in [0.29, 0.717) is 0 Å². The van der Waals surface area contributed by atoms with Gasteiger partial charge in [0.1, 0.15) is 0 Å². The molecule has 5 heteroatoms. The van der Waals surface area contributed by atoms with Crippen molar-refractivity contribution in [2.45, 2.75) is 32.5 Å². The van der Waals surface area contributed by atoms with Crippen molar-refractivity contribution in [1.29, 1.82) is 0 Å². The zero-order valence-electron chi connectivity index (χ0n) is 13.1. The van der Waals surface area contributed by atoms with Crippen molar-refractivity contribution in [1.82, 2.24) is 14.7 Å². The van der Waals surface area contributed by atoms with Gasteiger partial charge in [0.05, 0.1) is 17.3 Å². The standard InChI is InChI=1S/C17H23BrN4/c1-20(14-22-13-16(18)11-19-22)12-15-5-7-17(8-6-15)21-9-3-2-4-10-21/h5-8,11,13H,2-4,9-10,12,14H2,1H3. The Hall–Kier alpha value is -1.33. The molecule has 0 spiro atoms. The number of hydrogen-bond donors (Lipinski definition) is 0. The molecule has 3 rings (SSSR count). The van der Waals surface area contributed by atoms with Crippen LogP contribution in [0.5, 0.6) is 0 Å².